The number of thioether (sulfide) groups is 1. The van der Waals surface area contributed by atoms with Crippen molar-refractivity contribution >= 4 is 18.0 Å². The van der Waals surface area contributed by atoms with E-state index in [4.69, 9.17) is 4.84 Å². The minimum absolute atomic E-state index is 0.982. The van der Waals surface area contributed by atoms with Crippen molar-refractivity contribution in [3.8, 4) is 0 Å². The van der Waals surface area contributed by atoms with Crippen molar-refractivity contribution in [1.29, 1.82) is 0 Å². The van der Waals surface area contributed by atoms with Gasteiger partial charge in [-0.25, -0.2) is 0 Å². The van der Waals surface area contributed by atoms with E-state index < -0.39 is 0 Å². The van der Waals surface area contributed by atoms with Crippen LogP contribution >= 0.6 is 11.8 Å². The maximum absolute atomic E-state index is 4.74. The molecule has 0 aliphatic rings. The summed E-state index contributed by atoms with van der Waals surface area (Å²) in [5, 5.41) is 3.71. The van der Waals surface area contributed by atoms with Crippen LogP contribution in [0.25, 0.3) is 0 Å². The molecule has 0 saturated carbocycles. The molecule has 0 rings (SSSR count). The van der Waals surface area contributed by atoms with Crippen molar-refractivity contribution < 1.29 is 4.84 Å². The molecule has 0 amide bonds. The third kappa shape index (κ3) is 9.56. The molecule has 0 spiro atoms. The number of rotatable bonds is 6. The highest BCUT2D eigenvalue weighted by atomic mass is 32.2. The highest BCUT2D eigenvalue weighted by Gasteiger charge is 1.80. The van der Waals surface area contributed by atoms with Gasteiger partial charge in [0.25, 0.3) is 0 Å². The monoisotopic (exact) mass is 173 g/mol. The summed E-state index contributed by atoms with van der Waals surface area (Å²) in [5.74, 6) is 2.29. The third-order valence-corrected chi connectivity index (χ3v) is 1.86. The topological polar surface area (TPSA) is 21.6 Å². The van der Waals surface area contributed by atoms with Crippen molar-refractivity contribution in [2.24, 2.45) is 5.16 Å². The first-order valence-corrected chi connectivity index (χ1v) is 4.93. The summed E-state index contributed by atoms with van der Waals surface area (Å²) in [6, 6.07) is 0. The van der Waals surface area contributed by atoms with Crippen LogP contribution in [0.2, 0.25) is 0 Å². The maximum atomic E-state index is 4.74. The molecule has 0 heterocycles. The lowest BCUT2D eigenvalue weighted by molar-refractivity contribution is 0.269. The maximum Gasteiger partial charge on any atom is 0.117 e. The third-order valence-electron chi connectivity index (χ3n) is 0.928. The Kier molecular flexibility index (Phi) is 9.18. The molecule has 0 fully saturated rings. The molecule has 3 heteroatoms. The number of allylic oxidation sites excluding steroid dienone is 1. The first-order chi connectivity index (χ1) is 5.41. The van der Waals surface area contributed by atoms with Crippen LogP contribution in [0.3, 0.4) is 0 Å². The Hall–Kier alpha value is -0.440. The fraction of sp³-hybridized carbons (Fsp3) is 0.625. The minimum atomic E-state index is 0.982. The Bertz CT molecular complexity index is 123. The van der Waals surface area contributed by atoms with E-state index in [0.29, 0.717) is 0 Å². The molecular weight excluding hydrogens is 158 g/mol. The van der Waals surface area contributed by atoms with Crippen LogP contribution in [0.15, 0.2) is 17.5 Å². The molecule has 0 aromatic rings. The summed E-state index contributed by atoms with van der Waals surface area (Å²) in [5.41, 5.74) is 0. The Labute approximate surface area is 72.7 Å². The lowest BCUT2D eigenvalue weighted by atomic mass is 10.5. The van der Waals surface area contributed by atoms with E-state index in [1.165, 1.54) is 5.75 Å². The van der Waals surface area contributed by atoms with Crippen LogP contribution in [0.1, 0.15) is 20.3 Å². The van der Waals surface area contributed by atoms with Gasteiger partial charge in [0.1, 0.15) is 6.26 Å². The number of nitrogens with zero attached hydrogens (tertiary/aromatic N) is 1. The van der Waals surface area contributed by atoms with Gasteiger partial charge in [-0.3, -0.25) is 0 Å². The molecule has 0 atom stereocenters. The highest BCUT2D eigenvalue weighted by molar-refractivity contribution is 7.99. The Morgan fingerprint density at radius 3 is 3.00 bits per heavy atom. The van der Waals surface area contributed by atoms with Gasteiger partial charge in [-0.1, -0.05) is 12.1 Å². The quantitative estimate of drug-likeness (QED) is 0.266. The molecule has 0 unspecified atom stereocenters. The molecule has 0 radical (unpaired) electrons. The SMILES string of the molecule is CC=CON=CCCSCC. The van der Waals surface area contributed by atoms with Crippen molar-refractivity contribution in [2.75, 3.05) is 11.5 Å². The van der Waals surface area contributed by atoms with Gasteiger partial charge >= 0.3 is 0 Å². The molecule has 0 aromatic heterocycles. The predicted molar refractivity (Wildman–Crippen MR) is 52.0 cm³/mol. The first kappa shape index (κ1) is 10.6. The van der Waals surface area contributed by atoms with E-state index in [0.717, 1.165) is 12.2 Å². The molecule has 0 aliphatic carbocycles. The van der Waals surface area contributed by atoms with Crippen LogP contribution in [0.4, 0.5) is 0 Å². The van der Waals surface area contributed by atoms with Crippen molar-refractivity contribution in [1.82, 2.24) is 0 Å². The predicted octanol–water partition coefficient (Wildman–Crippen LogP) is 2.67. The van der Waals surface area contributed by atoms with E-state index in [-0.39, 0.29) is 0 Å². The molecule has 0 aromatic carbocycles. The normalized spacial score (nSPS) is 11.5. The van der Waals surface area contributed by atoms with E-state index in [1.807, 2.05) is 18.7 Å². The van der Waals surface area contributed by atoms with E-state index in [9.17, 15) is 0 Å². The highest BCUT2D eigenvalue weighted by Crippen LogP contribution is 1.98. The lowest BCUT2D eigenvalue weighted by Crippen LogP contribution is -1.81. The van der Waals surface area contributed by atoms with Gasteiger partial charge in [0.05, 0.1) is 0 Å². The fourth-order valence-corrected chi connectivity index (χ4v) is 1.03. The summed E-state index contributed by atoms with van der Waals surface area (Å²) < 4.78 is 0. The molecule has 0 bridgehead atoms. The second kappa shape index (κ2) is 9.56. The molecule has 0 aliphatic heterocycles. The summed E-state index contributed by atoms with van der Waals surface area (Å²) in [6.07, 6.45) is 6.14. The van der Waals surface area contributed by atoms with Gasteiger partial charge in [-0.2, -0.15) is 11.8 Å². The van der Waals surface area contributed by atoms with Gasteiger partial charge in [0.15, 0.2) is 0 Å². The number of oxime groups is 1. The second-order valence-corrected chi connectivity index (χ2v) is 3.24. The van der Waals surface area contributed by atoms with Gasteiger partial charge in [-0.05, 0) is 30.9 Å². The standard InChI is InChI=1S/C8H15NOS/c1-3-7-10-9-6-5-8-11-4-2/h3,6-7H,4-5,8H2,1-2H3. The van der Waals surface area contributed by atoms with Crippen molar-refractivity contribution in [3.05, 3.63) is 12.3 Å². The number of hydrogen-bond acceptors (Lipinski definition) is 3. The summed E-state index contributed by atoms with van der Waals surface area (Å²) in [6.45, 7) is 4.04. The van der Waals surface area contributed by atoms with Crippen molar-refractivity contribution in [3.63, 3.8) is 0 Å². The van der Waals surface area contributed by atoms with Gasteiger partial charge in [0.2, 0.25) is 0 Å². The molecule has 0 saturated heterocycles. The van der Waals surface area contributed by atoms with Crippen LogP contribution in [0, 0.1) is 0 Å². The fourth-order valence-electron chi connectivity index (χ4n) is 0.472. The number of hydrogen-bond donors (Lipinski definition) is 0. The Morgan fingerprint density at radius 2 is 2.36 bits per heavy atom. The van der Waals surface area contributed by atoms with Crippen molar-refractivity contribution in [2.45, 2.75) is 20.3 Å². The summed E-state index contributed by atoms with van der Waals surface area (Å²) in [7, 11) is 0. The average Bonchev–Trinajstić information content (AvgIpc) is 2.03. The largest absolute Gasteiger partial charge is 0.366 e. The molecule has 11 heavy (non-hydrogen) atoms. The van der Waals surface area contributed by atoms with Gasteiger partial charge in [0, 0.05) is 6.21 Å². The Balaban J connectivity index is 3.03. The van der Waals surface area contributed by atoms with Crippen LogP contribution in [-0.4, -0.2) is 17.7 Å². The first-order valence-electron chi connectivity index (χ1n) is 3.78. The van der Waals surface area contributed by atoms with E-state index in [2.05, 4.69) is 12.1 Å². The smallest absolute Gasteiger partial charge is 0.117 e. The second-order valence-electron chi connectivity index (χ2n) is 1.85. The zero-order valence-corrected chi connectivity index (χ0v) is 7.93. The van der Waals surface area contributed by atoms with E-state index >= 15 is 0 Å². The Morgan fingerprint density at radius 1 is 1.55 bits per heavy atom. The molecule has 2 nitrogen and oxygen atoms in total. The minimum Gasteiger partial charge on any atom is -0.366 e. The molecule has 64 valence electrons. The zero-order chi connectivity index (χ0) is 8.36. The van der Waals surface area contributed by atoms with Crippen LogP contribution in [0.5, 0.6) is 0 Å². The van der Waals surface area contributed by atoms with E-state index in [1.54, 1.807) is 18.6 Å². The van der Waals surface area contributed by atoms with Crippen LogP contribution < -0.4 is 0 Å². The zero-order valence-electron chi connectivity index (χ0n) is 7.12. The summed E-state index contributed by atoms with van der Waals surface area (Å²) in [4.78, 5) is 4.74. The van der Waals surface area contributed by atoms with Crippen LogP contribution in [-0.2, 0) is 4.84 Å². The molecular formula is C8H15NOS. The molecule has 0 N–H and O–H groups in total. The van der Waals surface area contributed by atoms with Gasteiger partial charge in [-0.15, -0.1) is 0 Å². The van der Waals surface area contributed by atoms with Gasteiger partial charge < -0.3 is 4.84 Å². The average molecular weight is 173 g/mol. The lowest BCUT2D eigenvalue weighted by Gasteiger charge is -1.90. The summed E-state index contributed by atoms with van der Waals surface area (Å²) >= 11 is 1.91.